The molecule has 1 aromatic heterocycles. The lowest BCUT2D eigenvalue weighted by atomic mass is 9.98. The molecule has 0 spiro atoms. The fraction of sp³-hybridized carbons (Fsp3) is 0.167. The standard InChI is InChI=1S/C12H10Br3NS/c1-6-2-3-7(13)4-8(6)11(16)9-5-10(14)17-12(9)15/h2-5,11H,16H2,1H3. The lowest BCUT2D eigenvalue weighted by Gasteiger charge is -2.14. The van der Waals surface area contributed by atoms with Crippen LogP contribution in [0.1, 0.15) is 22.7 Å². The molecule has 1 unspecified atom stereocenters. The Morgan fingerprint density at radius 3 is 2.41 bits per heavy atom. The molecule has 0 amide bonds. The number of rotatable bonds is 2. The van der Waals surface area contributed by atoms with Crippen LogP contribution >= 0.6 is 59.1 Å². The second kappa shape index (κ2) is 5.53. The molecule has 1 nitrogen and oxygen atoms in total. The van der Waals surface area contributed by atoms with E-state index in [-0.39, 0.29) is 6.04 Å². The van der Waals surface area contributed by atoms with E-state index in [1.807, 2.05) is 6.07 Å². The lowest BCUT2D eigenvalue weighted by molar-refractivity contribution is 0.861. The summed E-state index contributed by atoms with van der Waals surface area (Å²) < 4.78 is 3.22. The van der Waals surface area contributed by atoms with Crippen molar-refractivity contribution >= 4 is 59.1 Å². The average molecular weight is 440 g/mol. The van der Waals surface area contributed by atoms with Crippen LogP contribution in [-0.4, -0.2) is 0 Å². The minimum absolute atomic E-state index is 0.107. The third-order valence-corrected chi connectivity index (χ3v) is 5.47. The average Bonchev–Trinajstić information content (AvgIpc) is 2.60. The van der Waals surface area contributed by atoms with Gasteiger partial charge in [0.1, 0.15) is 0 Å². The normalized spacial score (nSPS) is 12.8. The smallest absolute Gasteiger partial charge is 0.0761 e. The molecule has 0 saturated carbocycles. The summed E-state index contributed by atoms with van der Waals surface area (Å²) in [5.41, 5.74) is 9.80. The highest BCUT2D eigenvalue weighted by Gasteiger charge is 2.17. The summed E-state index contributed by atoms with van der Waals surface area (Å²) in [6.07, 6.45) is 0. The summed E-state index contributed by atoms with van der Waals surface area (Å²) >= 11 is 12.2. The Labute approximate surface area is 130 Å². The summed E-state index contributed by atoms with van der Waals surface area (Å²) in [5, 5.41) is 0. The minimum Gasteiger partial charge on any atom is -0.320 e. The second-order valence-corrected chi connectivity index (χ2v) is 8.42. The van der Waals surface area contributed by atoms with E-state index in [0.29, 0.717) is 0 Å². The molecule has 1 atom stereocenters. The number of nitrogens with two attached hydrogens (primary N) is 1. The van der Waals surface area contributed by atoms with Crippen LogP contribution in [0.2, 0.25) is 0 Å². The van der Waals surface area contributed by atoms with E-state index >= 15 is 0 Å². The van der Waals surface area contributed by atoms with Gasteiger partial charge in [-0.3, -0.25) is 0 Å². The van der Waals surface area contributed by atoms with E-state index in [1.54, 1.807) is 11.3 Å². The van der Waals surface area contributed by atoms with Gasteiger partial charge in [0, 0.05) is 4.47 Å². The third-order valence-electron chi connectivity index (χ3n) is 2.59. The molecule has 1 aromatic carbocycles. The Bertz CT molecular complexity index is 551. The Morgan fingerprint density at radius 2 is 1.82 bits per heavy atom. The number of halogens is 3. The van der Waals surface area contributed by atoms with Crippen molar-refractivity contribution in [2.24, 2.45) is 5.73 Å². The van der Waals surface area contributed by atoms with Crippen molar-refractivity contribution in [3.63, 3.8) is 0 Å². The van der Waals surface area contributed by atoms with E-state index < -0.39 is 0 Å². The second-order valence-electron chi connectivity index (χ2n) is 3.76. The first kappa shape index (κ1) is 13.7. The molecule has 2 N–H and O–H groups in total. The van der Waals surface area contributed by atoms with Crippen LogP contribution < -0.4 is 5.73 Å². The summed E-state index contributed by atoms with van der Waals surface area (Å²) in [4.78, 5) is 0. The topological polar surface area (TPSA) is 26.0 Å². The van der Waals surface area contributed by atoms with Crippen molar-refractivity contribution < 1.29 is 0 Å². The van der Waals surface area contributed by atoms with Gasteiger partial charge in [0.25, 0.3) is 0 Å². The fourth-order valence-electron chi connectivity index (χ4n) is 1.68. The van der Waals surface area contributed by atoms with Crippen molar-refractivity contribution in [2.45, 2.75) is 13.0 Å². The predicted octanol–water partition coefficient (Wildman–Crippen LogP) is 5.39. The molecule has 17 heavy (non-hydrogen) atoms. The minimum atomic E-state index is -0.107. The molecule has 0 saturated heterocycles. The van der Waals surface area contributed by atoms with Crippen molar-refractivity contribution in [3.8, 4) is 0 Å². The lowest BCUT2D eigenvalue weighted by Crippen LogP contribution is -2.12. The van der Waals surface area contributed by atoms with E-state index in [9.17, 15) is 0 Å². The molecule has 2 rings (SSSR count). The highest BCUT2D eigenvalue weighted by Crippen LogP contribution is 2.37. The van der Waals surface area contributed by atoms with E-state index in [0.717, 1.165) is 23.2 Å². The van der Waals surface area contributed by atoms with Gasteiger partial charge in [-0.2, -0.15) is 0 Å². The first-order valence-corrected chi connectivity index (χ1v) is 8.15. The van der Waals surface area contributed by atoms with Crippen LogP contribution in [0.5, 0.6) is 0 Å². The van der Waals surface area contributed by atoms with Gasteiger partial charge in [0.15, 0.2) is 0 Å². The first-order valence-electron chi connectivity index (χ1n) is 4.95. The first-order chi connectivity index (χ1) is 7.99. The zero-order valence-electron chi connectivity index (χ0n) is 9.01. The summed E-state index contributed by atoms with van der Waals surface area (Å²) in [6, 6.07) is 8.15. The van der Waals surface area contributed by atoms with Gasteiger partial charge >= 0.3 is 0 Å². The number of hydrogen-bond donors (Lipinski definition) is 1. The van der Waals surface area contributed by atoms with Gasteiger partial charge in [-0.15, -0.1) is 11.3 Å². The maximum atomic E-state index is 6.34. The van der Waals surface area contributed by atoms with Crippen LogP contribution in [0.15, 0.2) is 36.3 Å². The zero-order chi connectivity index (χ0) is 12.6. The third kappa shape index (κ3) is 3.01. The number of thiophene rings is 1. The van der Waals surface area contributed by atoms with E-state index in [4.69, 9.17) is 5.73 Å². The molecule has 1 heterocycles. The van der Waals surface area contributed by atoms with Crippen LogP contribution in [0, 0.1) is 6.92 Å². The van der Waals surface area contributed by atoms with Crippen LogP contribution in [0.25, 0.3) is 0 Å². The maximum absolute atomic E-state index is 6.34. The van der Waals surface area contributed by atoms with Gasteiger partial charge in [0.2, 0.25) is 0 Å². The molecular weight excluding hydrogens is 430 g/mol. The monoisotopic (exact) mass is 437 g/mol. The maximum Gasteiger partial charge on any atom is 0.0761 e. The van der Waals surface area contributed by atoms with Crippen LogP contribution in [-0.2, 0) is 0 Å². The predicted molar refractivity (Wildman–Crippen MR) is 84.6 cm³/mol. The molecule has 2 aromatic rings. The zero-order valence-corrected chi connectivity index (χ0v) is 14.6. The van der Waals surface area contributed by atoms with E-state index in [1.165, 1.54) is 5.56 Å². The highest BCUT2D eigenvalue weighted by atomic mass is 79.9. The van der Waals surface area contributed by atoms with Crippen molar-refractivity contribution in [2.75, 3.05) is 0 Å². The highest BCUT2D eigenvalue weighted by molar-refractivity contribution is 9.12. The fourth-order valence-corrected chi connectivity index (χ4v) is 4.99. The molecule has 0 aliphatic rings. The van der Waals surface area contributed by atoms with Crippen LogP contribution in [0.3, 0.4) is 0 Å². The molecule has 0 radical (unpaired) electrons. The van der Waals surface area contributed by atoms with Gasteiger partial charge in [0.05, 0.1) is 13.6 Å². The van der Waals surface area contributed by atoms with Gasteiger partial charge in [-0.25, -0.2) is 0 Å². The van der Waals surface area contributed by atoms with Gasteiger partial charge in [-0.1, -0.05) is 22.0 Å². The molecule has 0 aliphatic carbocycles. The van der Waals surface area contributed by atoms with Crippen molar-refractivity contribution in [1.29, 1.82) is 0 Å². The Hall–Kier alpha value is 0.320. The number of aryl methyl sites for hydroxylation is 1. The largest absolute Gasteiger partial charge is 0.320 e. The molecule has 0 aliphatic heterocycles. The molecular formula is C12H10Br3NS. The Kier molecular flexibility index (Phi) is 4.47. The van der Waals surface area contributed by atoms with Crippen LogP contribution in [0.4, 0.5) is 0 Å². The molecule has 0 fully saturated rings. The summed E-state index contributed by atoms with van der Waals surface area (Å²) in [5.74, 6) is 0. The molecule has 0 bridgehead atoms. The van der Waals surface area contributed by atoms with Crippen molar-refractivity contribution in [3.05, 3.63) is 53.0 Å². The van der Waals surface area contributed by atoms with E-state index in [2.05, 4.69) is 72.9 Å². The SMILES string of the molecule is Cc1ccc(Br)cc1C(N)c1cc(Br)sc1Br. The molecule has 90 valence electrons. The Balaban J connectivity index is 2.46. The van der Waals surface area contributed by atoms with Crippen molar-refractivity contribution in [1.82, 2.24) is 0 Å². The van der Waals surface area contributed by atoms with Gasteiger partial charge < -0.3 is 5.73 Å². The van der Waals surface area contributed by atoms with Gasteiger partial charge in [-0.05, 0) is 73.7 Å². The molecule has 5 heteroatoms. The number of benzene rings is 1. The number of hydrogen-bond acceptors (Lipinski definition) is 2. The summed E-state index contributed by atoms with van der Waals surface area (Å²) in [6.45, 7) is 2.08. The summed E-state index contributed by atoms with van der Waals surface area (Å²) in [7, 11) is 0. The Morgan fingerprint density at radius 1 is 1.12 bits per heavy atom. The quantitative estimate of drug-likeness (QED) is 0.666.